The molecule has 0 saturated heterocycles. The molecule has 0 aliphatic heterocycles. The minimum absolute atomic E-state index is 0.200. The van der Waals surface area contributed by atoms with Gasteiger partial charge in [-0.05, 0) is 17.5 Å². The maximum atomic E-state index is 9.81. The van der Waals surface area contributed by atoms with E-state index in [9.17, 15) is 5.11 Å². The van der Waals surface area contributed by atoms with E-state index in [0.29, 0.717) is 16.3 Å². The first-order valence-electron chi connectivity index (χ1n) is 5.35. The van der Waals surface area contributed by atoms with E-state index in [1.807, 2.05) is 26.8 Å². The van der Waals surface area contributed by atoms with Crippen molar-refractivity contribution in [1.29, 1.82) is 5.26 Å². The Morgan fingerprint density at radius 2 is 2.12 bits per heavy atom. The first-order chi connectivity index (χ1) is 7.84. The maximum Gasteiger partial charge on any atom is 0.121 e. The van der Waals surface area contributed by atoms with E-state index in [4.69, 9.17) is 21.6 Å². The number of nitrogens with zero attached hydrogens (tertiary/aromatic N) is 1. The molecule has 1 aromatic rings. The van der Waals surface area contributed by atoms with Gasteiger partial charge in [-0.25, -0.2) is 0 Å². The zero-order valence-corrected chi connectivity index (χ0v) is 11.0. The van der Waals surface area contributed by atoms with E-state index < -0.39 is 6.10 Å². The molecule has 17 heavy (non-hydrogen) atoms. The fourth-order valence-electron chi connectivity index (χ4n) is 1.10. The van der Waals surface area contributed by atoms with Crippen LogP contribution in [0.4, 0.5) is 0 Å². The summed E-state index contributed by atoms with van der Waals surface area (Å²) in [6, 6.07) is 6.82. The van der Waals surface area contributed by atoms with Gasteiger partial charge in [-0.2, -0.15) is 5.26 Å². The van der Waals surface area contributed by atoms with Crippen molar-refractivity contribution in [2.45, 2.75) is 26.9 Å². The van der Waals surface area contributed by atoms with Gasteiger partial charge in [0.15, 0.2) is 0 Å². The predicted molar refractivity (Wildman–Crippen MR) is 67.1 cm³/mol. The van der Waals surface area contributed by atoms with E-state index in [1.165, 1.54) is 0 Å². The molecule has 0 aliphatic rings. The molecule has 1 unspecified atom stereocenters. The van der Waals surface area contributed by atoms with Crippen LogP contribution in [-0.2, 0) is 0 Å². The van der Waals surface area contributed by atoms with Crippen LogP contribution in [0.1, 0.15) is 26.3 Å². The van der Waals surface area contributed by atoms with Gasteiger partial charge in [0.1, 0.15) is 18.4 Å². The average Bonchev–Trinajstić information content (AvgIpc) is 2.24. The highest BCUT2D eigenvalue weighted by Crippen LogP contribution is 2.24. The molecule has 0 radical (unpaired) electrons. The molecule has 0 heterocycles. The number of aliphatic hydroxyl groups excluding tert-OH is 1. The van der Waals surface area contributed by atoms with Gasteiger partial charge in [0.2, 0.25) is 0 Å². The Morgan fingerprint density at radius 1 is 1.47 bits per heavy atom. The van der Waals surface area contributed by atoms with Crippen LogP contribution in [0, 0.1) is 16.7 Å². The lowest BCUT2D eigenvalue weighted by Crippen LogP contribution is -2.31. The highest BCUT2D eigenvalue weighted by Gasteiger charge is 2.22. The van der Waals surface area contributed by atoms with E-state index in [2.05, 4.69) is 0 Å². The molecular weight excluding hydrogens is 238 g/mol. The van der Waals surface area contributed by atoms with Crippen molar-refractivity contribution >= 4 is 11.6 Å². The van der Waals surface area contributed by atoms with Crippen LogP contribution in [0.3, 0.4) is 0 Å². The summed E-state index contributed by atoms with van der Waals surface area (Å²) in [7, 11) is 0. The number of hydrogen-bond donors (Lipinski definition) is 1. The highest BCUT2D eigenvalue weighted by molar-refractivity contribution is 6.31. The first kappa shape index (κ1) is 13.8. The summed E-state index contributed by atoms with van der Waals surface area (Å²) >= 11 is 5.87. The Kier molecular flexibility index (Phi) is 4.39. The van der Waals surface area contributed by atoms with Gasteiger partial charge in [0, 0.05) is 6.07 Å². The standard InChI is InChI=1S/C13H16ClNO2/c1-13(2,3)12(16)8-17-10-5-4-9(7-15)11(14)6-10/h4-6,12,16H,8H2,1-3H3. The van der Waals surface area contributed by atoms with Crippen LogP contribution in [0.25, 0.3) is 0 Å². The summed E-state index contributed by atoms with van der Waals surface area (Å²) < 4.78 is 5.43. The molecule has 0 saturated carbocycles. The molecule has 0 amide bonds. The molecule has 1 atom stereocenters. The van der Waals surface area contributed by atoms with Crippen LogP contribution in [0.2, 0.25) is 5.02 Å². The average molecular weight is 254 g/mol. The van der Waals surface area contributed by atoms with Gasteiger partial charge in [-0.15, -0.1) is 0 Å². The smallest absolute Gasteiger partial charge is 0.121 e. The molecule has 0 spiro atoms. The van der Waals surface area contributed by atoms with Crippen LogP contribution < -0.4 is 4.74 Å². The van der Waals surface area contributed by atoms with Crippen molar-refractivity contribution < 1.29 is 9.84 Å². The molecule has 0 fully saturated rings. The third kappa shape index (κ3) is 3.92. The normalized spacial score (nSPS) is 12.9. The van der Waals surface area contributed by atoms with E-state index in [1.54, 1.807) is 18.2 Å². The lowest BCUT2D eigenvalue weighted by atomic mass is 9.90. The van der Waals surface area contributed by atoms with Crippen molar-refractivity contribution in [3.63, 3.8) is 0 Å². The number of aliphatic hydroxyl groups is 1. The van der Waals surface area contributed by atoms with Crippen molar-refractivity contribution in [2.75, 3.05) is 6.61 Å². The summed E-state index contributed by atoms with van der Waals surface area (Å²) in [5, 5.41) is 18.9. The highest BCUT2D eigenvalue weighted by atomic mass is 35.5. The van der Waals surface area contributed by atoms with Crippen LogP contribution in [0.15, 0.2) is 18.2 Å². The monoisotopic (exact) mass is 253 g/mol. The van der Waals surface area contributed by atoms with Crippen LogP contribution in [-0.4, -0.2) is 17.8 Å². The Bertz CT molecular complexity index is 432. The van der Waals surface area contributed by atoms with Crippen molar-refractivity contribution in [2.24, 2.45) is 5.41 Å². The van der Waals surface area contributed by atoms with Crippen LogP contribution in [0.5, 0.6) is 5.75 Å². The van der Waals surface area contributed by atoms with E-state index >= 15 is 0 Å². The molecule has 0 aliphatic carbocycles. The molecular formula is C13H16ClNO2. The van der Waals surface area contributed by atoms with Gasteiger partial charge < -0.3 is 9.84 Å². The Hall–Kier alpha value is -1.24. The zero-order chi connectivity index (χ0) is 13.1. The number of rotatable bonds is 3. The second-order valence-corrected chi connectivity index (χ2v) is 5.35. The number of hydrogen-bond acceptors (Lipinski definition) is 3. The van der Waals surface area contributed by atoms with Crippen molar-refractivity contribution in [1.82, 2.24) is 0 Å². The minimum atomic E-state index is -0.558. The van der Waals surface area contributed by atoms with Gasteiger partial charge >= 0.3 is 0 Å². The van der Waals surface area contributed by atoms with Gasteiger partial charge in [-0.1, -0.05) is 32.4 Å². The van der Waals surface area contributed by atoms with Crippen molar-refractivity contribution in [3.05, 3.63) is 28.8 Å². The fourth-order valence-corrected chi connectivity index (χ4v) is 1.31. The molecule has 1 rings (SSSR count). The molecule has 0 bridgehead atoms. The number of halogens is 1. The van der Waals surface area contributed by atoms with Gasteiger partial charge in [0.25, 0.3) is 0 Å². The van der Waals surface area contributed by atoms with Crippen molar-refractivity contribution in [3.8, 4) is 11.8 Å². The number of benzene rings is 1. The minimum Gasteiger partial charge on any atom is -0.491 e. The van der Waals surface area contributed by atoms with E-state index in [-0.39, 0.29) is 12.0 Å². The number of nitriles is 1. The summed E-state index contributed by atoms with van der Waals surface area (Å²) in [6.07, 6.45) is -0.558. The maximum absolute atomic E-state index is 9.81. The summed E-state index contributed by atoms with van der Waals surface area (Å²) in [4.78, 5) is 0. The Morgan fingerprint density at radius 3 is 2.59 bits per heavy atom. The molecule has 0 aromatic heterocycles. The quantitative estimate of drug-likeness (QED) is 0.901. The SMILES string of the molecule is CC(C)(C)C(O)COc1ccc(C#N)c(Cl)c1. The molecule has 1 aromatic carbocycles. The molecule has 1 N–H and O–H groups in total. The van der Waals surface area contributed by atoms with E-state index in [0.717, 1.165) is 0 Å². The number of ether oxygens (including phenoxy) is 1. The Balaban J connectivity index is 2.66. The fraction of sp³-hybridized carbons (Fsp3) is 0.462. The second-order valence-electron chi connectivity index (χ2n) is 4.95. The summed E-state index contributed by atoms with van der Waals surface area (Å²) in [6.45, 7) is 6.01. The third-order valence-electron chi connectivity index (χ3n) is 2.47. The lowest BCUT2D eigenvalue weighted by Gasteiger charge is -2.25. The summed E-state index contributed by atoms with van der Waals surface area (Å²) in [5.41, 5.74) is 0.187. The molecule has 4 heteroatoms. The zero-order valence-electron chi connectivity index (χ0n) is 10.2. The second kappa shape index (κ2) is 5.39. The van der Waals surface area contributed by atoms with Gasteiger partial charge in [-0.3, -0.25) is 0 Å². The van der Waals surface area contributed by atoms with Crippen LogP contribution >= 0.6 is 11.6 Å². The Labute approximate surface area is 107 Å². The predicted octanol–water partition coefficient (Wildman–Crippen LogP) is 3.00. The molecule has 3 nitrogen and oxygen atoms in total. The summed E-state index contributed by atoms with van der Waals surface area (Å²) in [5.74, 6) is 0.553. The lowest BCUT2D eigenvalue weighted by molar-refractivity contribution is 0.0218. The van der Waals surface area contributed by atoms with Gasteiger partial charge in [0.05, 0.1) is 16.7 Å². The molecule has 92 valence electrons. The third-order valence-corrected chi connectivity index (χ3v) is 2.78. The topological polar surface area (TPSA) is 53.2 Å². The first-order valence-corrected chi connectivity index (χ1v) is 5.73. The largest absolute Gasteiger partial charge is 0.491 e.